The number of halogens is 1. The lowest BCUT2D eigenvalue weighted by atomic mass is 9.82. The van der Waals surface area contributed by atoms with Crippen LogP contribution in [-0.2, 0) is 10.3 Å². The summed E-state index contributed by atoms with van der Waals surface area (Å²) in [4.78, 5) is 12.7. The summed E-state index contributed by atoms with van der Waals surface area (Å²) in [6.07, 6.45) is 0. The number of benzene rings is 2. The standard InChI is InChI=1S/C16H13BrN2OS/c1-10-4-2-5-11(8-10)16(14(20)18-15(21)19-16)12-6-3-7-13(17)9-12/h2-9H,1H3,(H2,18,19,20,21). The van der Waals surface area contributed by atoms with Crippen molar-refractivity contribution in [2.75, 3.05) is 0 Å². The zero-order valence-electron chi connectivity index (χ0n) is 11.3. The molecule has 1 atom stereocenters. The molecule has 1 heterocycles. The summed E-state index contributed by atoms with van der Waals surface area (Å²) in [5, 5.41) is 6.21. The van der Waals surface area contributed by atoms with Crippen molar-refractivity contribution < 1.29 is 4.79 Å². The van der Waals surface area contributed by atoms with E-state index in [1.807, 2.05) is 55.5 Å². The molecular weight excluding hydrogens is 348 g/mol. The van der Waals surface area contributed by atoms with Crippen molar-refractivity contribution >= 4 is 39.2 Å². The predicted molar refractivity (Wildman–Crippen MR) is 90.0 cm³/mol. The third kappa shape index (κ3) is 2.36. The minimum atomic E-state index is -0.979. The lowest BCUT2D eigenvalue weighted by Gasteiger charge is -2.28. The van der Waals surface area contributed by atoms with Crippen LogP contribution >= 0.6 is 28.1 Å². The maximum atomic E-state index is 12.7. The molecule has 1 aliphatic rings. The molecule has 5 heteroatoms. The second kappa shape index (κ2) is 5.24. The maximum absolute atomic E-state index is 12.7. The van der Waals surface area contributed by atoms with Crippen LogP contribution in [0, 0.1) is 6.92 Å². The molecule has 0 saturated carbocycles. The molecule has 0 bridgehead atoms. The van der Waals surface area contributed by atoms with Crippen molar-refractivity contribution in [3.8, 4) is 0 Å². The van der Waals surface area contributed by atoms with Gasteiger partial charge in [0.15, 0.2) is 10.7 Å². The normalized spacial score (nSPS) is 21.0. The minimum Gasteiger partial charge on any atom is -0.341 e. The number of carbonyl (C=O) groups is 1. The molecule has 0 aromatic heterocycles. The van der Waals surface area contributed by atoms with Gasteiger partial charge in [-0.2, -0.15) is 0 Å². The molecule has 1 aliphatic heterocycles. The smallest absolute Gasteiger partial charge is 0.261 e. The molecule has 0 aliphatic carbocycles. The minimum absolute atomic E-state index is 0.156. The second-order valence-electron chi connectivity index (χ2n) is 5.04. The molecule has 1 saturated heterocycles. The number of rotatable bonds is 2. The molecule has 21 heavy (non-hydrogen) atoms. The molecule has 2 aromatic carbocycles. The summed E-state index contributed by atoms with van der Waals surface area (Å²) in [7, 11) is 0. The fourth-order valence-electron chi connectivity index (χ4n) is 2.63. The number of carbonyl (C=O) groups excluding carboxylic acids is 1. The van der Waals surface area contributed by atoms with E-state index >= 15 is 0 Å². The predicted octanol–water partition coefficient (Wildman–Crippen LogP) is 3.01. The Hall–Kier alpha value is -1.72. The van der Waals surface area contributed by atoms with E-state index in [1.165, 1.54) is 0 Å². The Kier molecular flexibility index (Phi) is 3.55. The molecule has 2 aromatic rings. The zero-order valence-corrected chi connectivity index (χ0v) is 13.7. The average molecular weight is 361 g/mol. The first-order chi connectivity index (χ1) is 10.0. The Labute approximate surface area is 136 Å². The van der Waals surface area contributed by atoms with E-state index in [-0.39, 0.29) is 5.91 Å². The zero-order chi connectivity index (χ0) is 15.0. The Morgan fingerprint density at radius 3 is 2.33 bits per heavy atom. The number of aryl methyl sites for hydroxylation is 1. The van der Waals surface area contributed by atoms with E-state index in [1.54, 1.807) is 0 Å². The Bertz CT molecular complexity index is 699. The van der Waals surface area contributed by atoms with Crippen molar-refractivity contribution in [2.24, 2.45) is 0 Å². The van der Waals surface area contributed by atoms with E-state index < -0.39 is 5.54 Å². The van der Waals surface area contributed by atoms with Gasteiger partial charge in [-0.05, 0) is 42.4 Å². The van der Waals surface area contributed by atoms with Crippen molar-refractivity contribution in [2.45, 2.75) is 12.5 Å². The Morgan fingerprint density at radius 2 is 1.76 bits per heavy atom. The fourth-order valence-corrected chi connectivity index (χ4v) is 3.27. The number of thiocarbonyl (C=S) groups is 1. The topological polar surface area (TPSA) is 41.1 Å². The summed E-state index contributed by atoms with van der Waals surface area (Å²) in [6, 6.07) is 15.6. The molecule has 2 N–H and O–H groups in total. The van der Waals surface area contributed by atoms with E-state index in [4.69, 9.17) is 12.2 Å². The molecule has 1 unspecified atom stereocenters. The van der Waals surface area contributed by atoms with Crippen LogP contribution in [0.2, 0.25) is 0 Å². The number of nitrogens with one attached hydrogen (secondary N) is 2. The number of amides is 1. The highest BCUT2D eigenvalue weighted by Crippen LogP contribution is 2.34. The first kappa shape index (κ1) is 14.2. The molecule has 3 nitrogen and oxygen atoms in total. The molecule has 0 radical (unpaired) electrons. The van der Waals surface area contributed by atoms with Crippen molar-refractivity contribution in [3.63, 3.8) is 0 Å². The van der Waals surface area contributed by atoms with Gasteiger partial charge in [0, 0.05) is 4.47 Å². The van der Waals surface area contributed by atoms with Crippen LogP contribution in [0.4, 0.5) is 0 Å². The third-order valence-corrected chi connectivity index (χ3v) is 4.27. The largest absolute Gasteiger partial charge is 0.341 e. The first-order valence-electron chi connectivity index (χ1n) is 6.49. The van der Waals surface area contributed by atoms with Crippen LogP contribution < -0.4 is 10.6 Å². The molecule has 3 rings (SSSR count). The van der Waals surface area contributed by atoms with Gasteiger partial charge in [-0.15, -0.1) is 0 Å². The van der Waals surface area contributed by atoms with Gasteiger partial charge in [0.1, 0.15) is 0 Å². The van der Waals surface area contributed by atoms with Crippen LogP contribution in [-0.4, -0.2) is 11.0 Å². The van der Waals surface area contributed by atoms with E-state index in [2.05, 4.69) is 26.6 Å². The highest BCUT2D eigenvalue weighted by Gasteiger charge is 2.47. The lowest BCUT2D eigenvalue weighted by Crippen LogP contribution is -2.44. The lowest BCUT2D eigenvalue weighted by molar-refractivity contribution is -0.122. The summed E-state index contributed by atoms with van der Waals surface area (Å²) < 4.78 is 0.916. The average Bonchev–Trinajstić information content (AvgIpc) is 2.74. The molecule has 1 amide bonds. The SMILES string of the molecule is Cc1cccc(C2(c3cccc(Br)c3)NC(=S)NC2=O)c1. The van der Waals surface area contributed by atoms with Gasteiger partial charge in [0.05, 0.1) is 0 Å². The highest BCUT2D eigenvalue weighted by atomic mass is 79.9. The monoisotopic (exact) mass is 360 g/mol. The van der Waals surface area contributed by atoms with Gasteiger partial charge in [-0.1, -0.05) is 57.9 Å². The van der Waals surface area contributed by atoms with Gasteiger partial charge in [-0.3, -0.25) is 4.79 Å². The highest BCUT2D eigenvalue weighted by molar-refractivity contribution is 9.10. The van der Waals surface area contributed by atoms with Gasteiger partial charge >= 0.3 is 0 Å². The van der Waals surface area contributed by atoms with E-state index in [0.29, 0.717) is 5.11 Å². The molecule has 1 fully saturated rings. The number of hydrogen-bond acceptors (Lipinski definition) is 2. The Balaban J connectivity index is 2.26. The second-order valence-corrected chi connectivity index (χ2v) is 6.36. The van der Waals surface area contributed by atoms with Crippen LogP contribution in [0.25, 0.3) is 0 Å². The molecular formula is C16H13BrN2OS. The van der Waals surface area contributed by atoms with E-state index in [0.717, 1.165) is 21.2 Å². The fraction of sp³-hybridized carbons (Fsp3) is 0.125. The molecule has 106 valence electrons. The van der Waals surface area contributed by atoms with Crippen LogP contribution in [0.3, 0.4) is 0 Å². The summed E-state index contributed by atoms with van der Waals surface area (Å²) in [6.45, 7) is 2.00. The number of hydrogen-bond donors (Lipinski definition) is 2. The third-order valence-electron chi connectivity index (χ3n) is 3.58. The summed E-state index contributed by atoms with van der Waals surface area (Å²) in [5.74, 6) is -0.156. The van der Waals surface area contributed by atoms with Crippen molar-refractivity contribution in [1.29, 1.82) is 0 Å². The molecule has 0 spiro atoms. The van der Waals surface area contributed by atoms with Gasteiger partial charge in [0.25, 0.3) is 5.91 Å². The summed E-state index contributed by atoms with van der Waals surface area (Å²) in [5.41, 5.74) is 1.83. The Morgan fingerprint density at radius 1 is 1.10 bits per heavy atom. The van der Waals surface area contributed by atoms with E-state index in [9.17, 15) is 4.79 Å². The van der Waals surface area contributed by atoms with Crippen molar-refractivity contribution in [3.05, 3.63) is 69.7 Å². The maximum Gasteiger partial charge on any atom is 0.261 e. The van der Waals surface area contributed by atoms with Crippen molar-refractivity contribution in [1.82, 2.24) is 10.6 Å². The first-order valence-corrected chi connectivity index (χ1v) is 7.69. The van der Waals surface area contributed by atoms with Gasteiger partial charge in [0.2, 0.25) is 0 Å². The van der Waals surface area contributed by atoms with Crippen LogP contribution in [0.5, 0.6) is 0 Å². The quantitative estimate of drug-likeness (QED) is 0.808. The van der Waals surface area contributed by atoms with Gasteiger partial charge in [-0.25, -0.2) is 0 Å². The van der Waals surface area contributed by atoms with Gasteiger partial charge < -0.3 is 10.6 Å². The van der Waals surface area contributed by atoms with Crippen LogP contribution in [0.1, 0.15) is 16.7 Å². The summed E-state index contributed by atoms with van der Waals surface area (Å²) >= 11 is 8.62. The van der Waals surface area contributed by atoms with Crippen LogP contribution in [0.15, 0.2) is 53.0 Å².